The number of aliphatic hydroxyl groups excluding tert-OH is 1. The van der Waals surface area contributed by atoms with Gasteiger partial charge < -0.3 is 10.4 Å². The predicted octanol–water partition coefficient (Wildman–Crippen LogP) is 1.78. The summed E-state index contributed by atoms with van der Waals surface area (Å²) >= 11 is 2.03. The Kier molecular flexibility index (Phi) is 4.14. The van der Waals surface area contributed by atoms with E-state index in [1.54, 1.807) is 0 Å². The van der Waals surface area contributed by atoms with Gasteiger partial charge in [0.25, 0.3) is 0 Å². The van der Waals surface area contributed by atoms with Crippen LogP contribution >= 0.6 is 11.8 Å². The van der Waals surface area contributed by atoms with Gasteiger partial charge in [-0.3, -0.25) is 0 Å². The van der Waals surface area contributed by atoms with E-state index in [0.29, 0.717) is 12.1 Å². The van der Waals surface area contributed by atoms with Crippen molar-refractivity contribution in [1.29, 1.82) is 0 Å². The minimum Gasteiger partial charge on any atom is -0.392 e. The second-order valence-corrected chi connectivity index (χ2v) is 5.69. The predicted molar refractivity (Wildman–Crippen MR) is 61.7 cm³/mol. The minimum absolute atomic E-state index is 0.0944. The first-order valence-electron chi connectivity index (χ1n) is 5.88. The van der Waals surface area contributed by atoms with Crippen LogP contribution in [0.5, 0.6) is 0 Å². The zero-order valence-corrected chi connectivity index (χ0v) is 9.56. The summed E-state index contributed by atoms with van der Waals surface area (Å²) in [5, 5.41) is 13.6. The molecule has 2 rings (SSSR count). The first kappa shape index (κ1) is 10.8. The van der Waals surface area contributed by atoms with Gasteiger partial charge in [0, 0.05) is 17.8 Å². The summed E-state index contributed by atoms with van der Waals surface area (Å²) in [6, 6.07) is 1.04. The van der Waals surface area contributed by atoms with E-state index in [4.69, 9.17) is 0 Å². The van der Waals surface area contributed by atoms with E-state index >= 15 is 0 Å². The summed E-state index contributed by atoms with van der Waals surface area (Å²) in [5.74, 6) is 2.53. The third-order valence-corrected chi connectivity index (χ3v) is 4.52. The third-order valence-electron chi connectivity index (χ3n) is 3.36. The van der Waals surface area contributed by atoms with Crippen LogP contribution in [0.25, 0.3) is 0 Å². The standard InChI is InChI=1S/C11H21NOS/c13-11-5-3-1-2-4-10(11)12-9-6-7-14-8-9/h9-13H,1-8H2. The minimum atomic E-state index is -0.0944. The maximum Gasteiger partial charge on any atom is 0.0693 e. The van der Waals surface area contributed by atoms with Gasteiger partial charge in [-0.2, -0.15) is 11.8 Å². The Hall–Kier alpha value is 0.270. The van der Waals surface area contributed by atoms with Gasteiger partial charge >= 0.3 is 0 Å². The maximum absolute atomic E-state index is 9.94. The van der Waals surface area contributed by atoms with Crippen molar-refractivity contribution in [2.75, 3.05) is 11.5 Å². The Balaban J connectivity index is 1.81. The molecular weight excluding hydrogens is 194 g/mol. The molecule has 0 spiro atoms. The second-order valence-electron chi connectivity index (χ2n) is 4.54. The fourth-order valence-corrected chi connectivity index (χ4v) is 3.62. The average Bonchev–Trinajstić information content (AvgIpc) is 2.60. The van der Waals surface area contributed by atoms with E-state index in [9.17, 15) is 5.11 Å². The van der Waals surface area contributed by atoms with E-state index in [2.05, 4.69) is 5.32 Å². The van der Waals surface area contributed by atoms with Crippen LogP contribution in [0.3, 0.4) is 0 Å². The van der Waals surface area contributed by atoms with Crippen molar-refractivity contribution >= 4 is 11.8 Å². The number of hydrogen-bond acceptors (Lipinski definition) is 3. The molecule has 1 saturated carbocycles. The van der Waals surface area contributed by atoms with E-state index in [-0.39, 0.29) is 6.10 Å². The Morgan fingerprint density at radius 1 is 1.07 bits per heavy atom. The molecule has 2 nitrogen and oxygen atoms in total. The van der Waals surface area contributed by atoms with E-state index in [1.807, 2.05) is 11.8 Å². The smallest absolute Gasteiger partial charge is 0.0693 e. The molecule has 3 unspecified atom stereocenters. The van der Waals surface area contributed by atoms with Gasteiger partial charge in [-0.15, -0.1) is 0 Å². The summed E-state index contributed by atoms with van der Waals surface area (Å²) in [4.78, 5) is 0. The summed E-state index contributed by atoms with van der Waals surface area (Å²) in [5.41, 5.74) is 0. The highest BCUT2D eigenvalue weighted by atomic mass is 32.2. The lowest BCUT2D eigenvalue weighted by atomic mass is 10.0. The Morgan fingerprint density at radius 2 is 1.93 bits per heavy atom. The average molecular weight is 215 g/mol. The quantitative estimate of drug-likeness (QED) is 0.689. The highest BCUT2D eigenvalue weighted by Crippen LogP contribution is 2.22. The van der Waals surface area contributed by atoms with Crippen LogP contribution in [0.1, 0.15) is 38.5 Å². The van der Waals surface area contributed by atoms with Crippen LogP contribution in [-0.4, -0.2) is 34.8 Å². The van der Waals surface area contributed by atoms with Crippen molar-refractivity contribution in [1.82, 2.24) is 5.32 Å². The van der Waals surface area contributed by atoms with Crippen molar-refractivity contribution < 1.29 is 5.11 Å². The molecule has 0 aromatic heterocycles. The molecule has 0 bridgehead atoms. The SMILES string of the molecule is OC1CCCCCC1NC1CCSC1. The molecule has 3 atom stereocenters. The van der Waals surface area contributed by atoms with Crippen molar-refractivity contribution in [3.05, 3.63) is 0 Å². The fourth-order valence-electron chi connectivity index (χ4n) is 2.45. The van der Waals surface area contributed by atoms with Crippen LogP contribution in [0.4, 0.5) is 0 Å². The number of hydrogen-bond donors (Lipinski definition) is 2. The van der Waals surface area contributed by atoms with Gasteiger partial charge in [-0.1, -0.05) is 19.3 Å². The lowest BCUT2D eigenvalue weighted by Crippen LogP contribution is -2.45. The molecule has 3 heteroatoms. The van der Waals surface area contributed by atoms with Crippen LogP contribution in [0.2, 0.25) is 0 Å². The molecule has 2 fully saturated rings. The molecule has 0 aromatic rings. The largest absolute Gasteiger partial charge is 0.392 e. The highest BCUT2D eigenvalue weighted by molar-refractivity contribution is 7.99. The number of nitrogens with one attached hydrogen (secondary N) is 1. The van der Waals surface area contributed by atoms with Crippen LogP contribution in [-0.2, 0) is 0 Å². The first-order chi connectivity index (χ1) is 6.86. The molecular formula is C11H21NOS. The lowest BCUT2D eigenvalue weighted by Gasteiger charge is -2.25. The highest BCUT2D eigenvalue weighted by Gasteiger charge is 2.25. The molecule has 14 heavy (non-hydrogen) atoms. The van der Waals surface area contributed by atoms with Gasteiger partial charge in [-0.25, -0.2) is 0 Å². The van der Waals surface area contributed by atoms with Crippen LogP contribution in [0.15, 0.2) is 0 Å². The second kappa shape index (κ2) is 5.38. The summed E-state index contributed by atoms with van der Waals surface area (Å²) in [7, 11) is 0. The topological polar surface area (TPSA) is 32.3 Å². The Labute approximate surface area is 90.8 Å². The molecule has 1 heterocycles. The normalized spacial score (nSPS) is 39.6. The van der Waals surface area contributed by atoms with Crippen molar-refractivity contribution in [2.24, 2.45) is 0 Å². The van der Waals surface area contributed by atoms with E-state index < -0.39 is 0 Å². The van der Waals surface area contributed by atoms with Crippen LogP contribution < -0.4 is 5.32 Å². The lowest BCUT2D eigenvalue weighted by molar-refractivity contribution is 0.115. The van der Waals surface area contributed by atoms with Gasteiger partial charge in [-0.05, 0) is 25.0 Å². The first-order valence-corrected chi connectivity index (χ1v) is 7.03. The molecule has 1 saturated heterocycles. The molecule has 2 aliphatic rings. The molecule has 0 radical (unpaired) electrons. The third kappa shape index (κ3) is 2.88. The number of aliphatic hydroxyl groups is 1. The summed E-state index contributed by atoms with van der Waals surface area (Å²) in [6.45, 7) is 0. The molecule has 2 N–H and O–H groups in total. The van der Waals surface area contributed by atoms with Gasteiger partial charge in [0.05, 0.1) is 6.10 Å². The number of thioether (sulfide) groups is 1. The van der Waals surface area contributed by atoms with E-state index in [1.165, 1.54) is 43.6 Å². The van der Waals surface area contributed by atoms with Gasteiger partial charge in [0.1, 0.15) is 0 Å². The Bertz CT molecular complexity index is 171. The van der Waals surface area contributed by atoms with Crippen molar-refractivity contribution in [3.63, 3.8) is 0 Å². The van der Waals surface area contributed by atoms with E-state index in [0.717, 1.165) is 6.42 Å². The monoisotopic (exact) mass is 215 g/mol. The van der Waals surface area contributed by atoms with Gasteiger partial charge in [0.2, 0.25) is 0 Å². The van der Waals surface area contributed by atoms with Crippen LogP contribution in [0, 0.1) is 0 Å². The summed E-state index contributed by atoms with van der Waals surface area (Å²) < 4.78 is 0. The molecule has 1 aliphatic carbocycles. The summed E-state index contributed by atoms with van der Waals surface area (Å²) in [6.07, 6.45) is 7.15. The zero-order valence-electron chi connectivity index (χ0n) is 8.74. The Morgan fingerprint density at radius 3 is 2.71 bits per heavy atom. The molecule has 0 amide bonds. The molecule has 1 aliphatic heterocycles. The number of rotatable bonds is 2. The maximum atomic E-state index is 9.94. The van der Waals surface area contributed by atoms with Crippen molar-refractivity contribution in [2.45, 2.75) is 56.7 Å². The molecule has 82 valence electrons. The van der Waals surface area contributed by atoms with Gasteiger partial charge in [0.15, 0.2) is 0 Å². The van der Waals surface area contributed by atoms with Crippen molar-refractivity contribution in [3.8, 4) is 0 Å². The molecule has 0 aromatic carbocycles. The fraction of sp³-hybridized carbons (Fsp3) is 1.00. The zero-order chi connectivity index (χ0) is 9.80.